The topological polar surface area (TPSA) is 78.8 Å². The Labute approximate surface area is 164 Å². The largest absolute Gasteiger partial charge is 0.439 e. The van der Waals surface area contributed by atoms with E-state index in [2.05, 4.69) is 20.6 Å². The second-order valence-corrected chi connectivity index (χ2v) is 6.90. The quantitative estimate of drug-likeness (QED) is 0.524. The molecule has 0 unspecified atom stereocenters. The molecule has 28 heavy (non-hydrogen) atoms. The Kier molecular flexibility index (Phi) is 7.19. The lowest BCUT2D eigenvalue weighted by molar-refractivity contribution is 0.120. The van der Waals surface area contributed by atoms with Gasteiger partial charge in [0, 0.05) is 24.8 Å². The summed E-state index contributed by atoms with van der Waals surface area (Å²) in [6.07, 6.45) is 5.03. The van der Waals surface area contributed by atoms with Crippen LogP contribution in [0, 0.1) is 5.82 Å². The van der Waals surface area contributed by atoms with Crippen molar-refractivity contribution >= 4 is 5.96 Å². The molecule has 1 aromatic heterocycles. The Bertz CT molecular complexity index is 774. The summed E-state index contributed by atoms with van der Waals surface area (Å²) in [5, 5.41) is 16.4. The Hall–Kier alpha value is -2.67. The normalized spacial score (nSPS) is 19.9. The Morgan fingerprint density at radius 1 is 1.21 bits per heavy atom. The molecule has 7 heteroatoms. The van der Waals surface area contributed by atoms with Gasteiger partial charge in [0.1, 0.15) is 11.6 Å². The van der Waals surface area contributed by atoms with Crippen LogP contribution in [0.3, 0.4) is 0 Å². The molecule has 1 saturated carbocycles. The molecule has 6 nitrogen and oxygen atoms in total. The molecule has 0 bridgehead atoms. The van der Waals surface area contributed by atoms with Crippen LogP contribution in [0.25, 0.3) is 0 Å². The average Bonchev–Trinajstić information content (AvgIpc) is 2.70. The van der Waals surface area contributed by atoms with E-state index in [0.29, 0.717) is 24.2 Å². The van der Waals surface area contributed by atoms with Gasteiger partial charge in [0.05, 0.1) is 12.6 Å². The molecule has 1 heterocycles. The first kappa shape index (κ1) is 20.1. The van der Waals surface area contributed by atoms with Gasteiger partial charge in [0.15, 0.2) is 5.96 Å². The Morgan fingerprint density at radius 3 is 2.68 bits per heavy atom. The molecule has 0 amide bonds. The molecule has 150 valence electrons. The number of aromatic nitrogens is 1. The van der Waals surface area contributed by atoms with E-state index in [1.807, 2.05) is 19.1 Å². The molecule has 0 aliphatic heterocycles. The summed E-state index contributed by atoms with van der Waals surface area (Å²) in [5.74, 6) is 1.43. The van der Waals surface area contributed by atoms with E-state index in [-0.39, 0.29) is 11.9 Å². The van der Waals surface area contributed by atoms with Crippen LogP contribution in [-0.4, -0.2) is 34.7 Å². The summed E-state index contributed by atoms with van der Waals surface area (Å²) < 4.78 is 18.7. The number of hydrogen-bond donors (Lipinski definition) is 3. The molecule has 1 fully saturated rings. The minimum atomic E-state index is -0.306. The van der Waals surface area contributed by atoms with Gasteiger partial charge in [-0.25, -0.2) is 14.4 Å². The molecule has 0 atom stereocenters. The molecular formula is C21H27FN4O2. The van der Waals surface area contributed by atoms with Crippen molar-refractivity contribution in [3.05, 3.63) is 54.0 Å². The highest BCUT2D eigenvalue weighted by Gasteiger charge is 2.19. The van der Waals surface area contributed by atoms with Gasteiger partial charge in [0.2, 0.25) is 5.88 Å². The number of hydrogen-bond acceptors (Lipinski definition) is 4. The average molecular weight is 386 g/mol. The number of aliphatic hydroxyl groups excluding tert-OH is 1. The van der Waals surface area contributed by atoms with Crippen molar-refractivity contribution < 1.29 is 14.2 Å². The third kappa shape index (κ3) is 6.20. The molecule has 2 aromatic rings. The van der Waals surface area contributed by atoms with Gasteiger partial charge in [-0.2, -0.15) is 0 Å². The Morgan fingerprint density at radius 2 is 1.96 bits per heavy atom. The molecule has 0 saturated heterocycles. The van der Waals surface area contributed by atoms with Gasteiger partial charge < -0.3 is 20.5 Å². The fourth-order valence-electron chi connectivity index (χ4n) is 3.13. The predicted octanol–water partition coefficient (Wildman–Crippen LogP) is 3.37. The van der Waals surface area contributed by atoms with Crippen molar-refractivity contribution in [3.8, 4) is 11.6 Å². The van der Waals surface area contributed by atoms with Crippen molar-refractivity contribution in [3.63, 3.8) is 0 Å². The third-order valence-corrected chi connectivity index (χ3v) is 4.64. The van der Waals surface area contributed by atoms with E-state index in [1.165, 1.54) is 12.1 Å². The molecular weight excluding hydrogens is 359 g/mol. The Balaban J connectivity index is 1.61. The number of ether oxygens (including phenoxy) is 1. The first-order valence-electron chi connectivity index (χ1n) is 9.73. The van der Waals surface area contributed by atoms with Gasteiger partial charge in [-0.15, -0.1) is 0 Å². The molecule has 3 rings (SSSR count). The highest BCUT2D eigenvalue weighted by Crippen LogP contribution is 2.21. The van der Waals surface area contributed by atoms with Crippen molar-refractivity contribution in [1.29, 1.82) is 0 Å². The van der Waals surface area contributed by atoms with Crippen LogP contribution in [-0.2, 0) is 6.54 Å². The molecule has 3 N–H and O–H groups in total. The molecule has 1 aromatic carbocycles. The van der Waals surface area contributed by atoms with E-state index in [4.69, 9.17) is 4.74 Å². The van der Waals surface area contributed by atoms with Crippen molar-refractivity contribution in [2.24, 2.45) is 4.99 Å². The lowest BCUT2D eigenvalue weighted by Gasteiger charge is -2.27. The van der Waals surface area contributed by atoms with Gasteiger partial charge >= 0.3 is 0 Å². The maximum Gasteiger partial charge on any atom is 0.219 e. The van der Waals surface area contributed by atoms with E-state index in [1.54, 1.807) is 18.3 Å². The zero-order chi connectivity index (χ0) is 19.8. The lowest BCUT2D eigenvalue weighted by atomic mass is 9.93. The minimum absolute atomic E-state index is 0.172. The maximum atomic E-state index is 13.0. The molecule has 1 aliphatic carbocycles. The standard InChI is InChI=1S/C21H27FN4O2/c1-2-23-21(26-17-5-7-18(27)8-6-17)25-14-15-11-12-24-20(13-15)28-19-9-3-16(22)4-10-19/h3-4,9-13,17-18,27H,2,5-8,14H2,1H3,(H2,23,25,26). The molecule has 1 aliphatic rings. The third-order valence-electron chi connectivity index (χ3n) is 4.64. The van der Waals surface area contributed by atoms with Crippen molar-refractivity contribution in [1.82, 2.24) is 15.6 Å². The number of halogens is 1. The number of rotatable bonds is 6. The number of aliphatic imine (C=N–C) groups is 1. The van der Waals surface area contributed by atoms with E-state index >= 15 is 0 Å². The van der Waals surface area contributed by atoms with Crippen LogP contribution < -0.4 is 15.4 Å². The van der Waals surface area contributed by atoms with Gasteiger partial charge in [-0.1, -0.05) is 0 Å². The summed E-state index contributed by atoms with van der Waals surface area (Å²) in [6, 6.07) is 9.88. The van der Waals surface area contributed by atoms with E-state index < -0.39 is 0 Å². The summed E-state index contributed by atoms with van der Waals surface area (Å²) in [4.78, 5) is 8.86. The zero-order valence-corrected chi connectivity index (χ0v) is 16.1. The fourth-order valence-corrected chi connectivity index (χ4v) is 3.13. The summed E-state index contributed by atoms with van der Waals surface area (Å²) in [5.41, 5.74) is 0.961. The lowest BCUT2D eigenvalue weighted by Crippen LogP contribution is -2.45. The number of benzene rings is 1. The maximum absolute atomic E-state index is 13.0. The van der Waals surface area contributed by atoms with Crippen LogP contribution in [0.1, 0.15) is 38.2 Å². The SMILES string of the molecule is CCNC(=NCc1ccnc(Oc2ccc(F)cc2)c1)NC1CCC(O)CC1. The number of aliphatic hydroxyl groups is 1. The van der Waals surface area contributed by atoms with Crippen LogP contribution in [0.4, 0.5) is 4.39 Å². The van der Waals surface area contributed by atoms with Crippen LogP contribution in [0.5, 0.6) is 11.6 Å². The number of guanidine groups is 1. The van der Waals surface area contributed by atoms with Crippen LogP contribution in [0.2, 0.25) is 0 Å². The fraction of sp³-hybridized carbons (Fsp3) is 0.429. The zero-order valence-electron chi connectivity index (χ0n) is 16.1. The highest BCUT2D eigenvalue weighted by atomic mass is 19.1. The number of nitrogens with one attached hydrogen (secondary N) is 2. The van der Waals surface area contributed by atoms with Gasteiger partial charge in [-0.05, 0) is 68.5 Å². The van der Waals surface area contributed by atoms with E-state index in [0.717, 1.165) is 43.8 Å². The first-order chi connectivity index (χ1) is 13.6. The van der Waals surface area contributed by atoms with Crippen molar-refractivity contribution in [2.75, 3.05) is 6.54 Å². The second kappa shape index (κ2) is 10.0. The van der Waals surface area contributed by atoms with Gasteiger partial charge in [-0.3, -0.25) is 0 Å². The van der Waals surface area contributed by atoms with Gasteiger partial charge in [0.25, 0.3) is 0 Å². The number of nitrogens with zero attached hydrogens (tertiary/aromatic N) is 2. The van der Waals surface area contributed by atoms with Crippen LogP contribution >= 0.6 is 0 Å². The minimum Gasteiger partial charge on any atom is -0.439 e. The summed E-state index contributed by atoms with van der Waals surface area (Å²) in [7, 11) is 0. The van der Waals surface area contributed by atoms with Crippen LogP contribution in [0.15, 0.2) is 47.6 Å². The molecule has 0 radical (unpaired) electrons. The smallest absolute Gasteiger partial charge is 0.219 e. The first-order valence-corrected chi connectivity index (χ1v) is 9.73. The second-order valence-electron chi connectivity index (χ2n) is 6.90. The van der Waals surface area contributed by atoms with E-state index in [9.17, 15) is 9.50 Å². The summed E-state index contributed by atoms with van der Waals surface area (Å²) >= 11 is 0. The monoisotopic (exact) mass is 386 g/mol. The highest BCUT2D eigenvalue weighted by molar-refractivity contribution is 5.80. The molecule has 0 spiro atoms. The summed E-state index contributed by atoms with van der Waals surface area (Å²) in [6.45, 7) is 3.28. The predicted molar refractivity (Wildman–Crippen MR) is 107 cm³/mol. The van der Waals surface area contributed by atoms with Crippen molar-refractivity contribution in [2.45, 2.75) is 51.3 Å². The number of pyridine rings is 1.